The van der Waals surface area contributed by atoms with Gasteiger partial charge in [0.05, 0.1) is 18.3 Å². The summed E-state index contributed by atoms with van der Waals surface area (Å²) in [5.41, 5.74) is 4.23. The van der Waals surface area contributed by atoms with E-state index in [0.29, 0.717) is 0 Å². The molecule has 4 nitrogen and oxygen atoms in total. The molecule has 1 aliphatic rings. The van der Waals surface area contributed by atoms with E-state index in [1.165, 1.54) is 16.7 Å². The van der Waals surface area contributed by atoms with Crippen LogP contribution in [0.25, 0.3) is 0 Å². The lowest BCUT2D eigenvalue weighted by Gasteiger charge is -2.32. The van der Waals surface area contributed by atoms with Crippen LogP contribution in [0.5, 0.6) is 5.75 Å². The fourth-order valence-electron chi connectivity index (χ4n) is 3.26. The van der Waals surface area contributed by atoms with Gasteiger partial charge in [-0.05, 0) is 99.9 Å². The molecule has 0 bridgehead atoms. The van der Waals surface area contributed by atoms with Gasteiger partial charge in [-0.3, -0.25) is 4.72 Å². The number of benzene rings is 2. The Hall–Kier alpha value is -1.47. The van der Waals surface area contributed by atoms with E-state index in [1.807, 2.05) is 12.1 Å². The second-order valence-corrected chi connectivity index (χ2v) is 9.28. The molecule has 0 radical (unpaired) electrons. The Morgan fingerprint density at radius 1 is 0.964 bits per heavy atom. The maximum absolute atomic E-state index is 6.21. The number of ether oxygens (including phenoxy) is 1. The van der Waals surface area contributed by atoms with Crippen LogP contribution in [0.15, 0.2) is 41.3 Å². The van der Waals surface area contributed by atoms with Crippen molar-refractivity contribution >= 4 is 24.5 Å². The van der Waals surface area contributed by atoms with Crippen LogP contribution in [0, 0.1) is 13.8 Å². The zero-order valence-corrected chi connectivity index (χ0v) is 18.7. The predicted molar refractivity (Wildman–Crippen MR) is 117 cm³/mol. The first-order valence-corrected chi connectivity index (χ1v) is 10.4. The Morgan fingerprint density at radius 2 is 1.50 bits per heavy atom. The molecule has 0 atom stereocenters. The van der Waals surface area contributed by atoms with Crippen LogP contribution < -0.4 is 14.9 Å². The van der Waals surface area contributed by atoms with Crippen molar-refractivity contribution in [3.63, 3.8) is 0 Å². The molecule has 1 heterocycles. The maximum Gasteiger partial charge on any atom is 0.494 e. The maximum atomic E-state index is 6.21. The average Bonchev–Trinajstić information content (AvgIpc) is 2.85. The lowest BCUT2D eigenvalue weighted by molar-refractivity contribution is 0.00578. The highest BCUT2D eigenvalue weighted by atomic mass is 32.2. The Morgan fingerprint density at radius 3 is 2.00 bits per heavy atom. The molecule has 0 aliphatic carbocycles. The van der Waals surface area contributed by atoms with Gasteiger partial charge in [-0.2, -0.15) is 0 Å². The van der Waals surface area contributed by atoms with Gasteiger partial charge in [0.2, 0.25) is 0 Å². The molecule has 0 saturated carbocycles. The monoisotopic (exact) mass is 399 g/mol. The van der Waals surface area contributed by atoms with E-state index in [0.717, 1.165) is 22.7 Å². The first kappa shape index (κ1) is 21.2. The fraction of sp³-hybridized carbons (Fsp3) is 0.455. The van der Waals surface area contributed by atoms with E-state index in [9.17, 15) is 0 Å². The van der Waals surface area contributed by atoms with Crippen molar-refractivity contribution in [2.24, 2.45) is 0 Å². The summed E-state index contributed by atoms with van der Waals surface area (Å²) < 4.78 is 21.1. The summed E-state index contributed by atoms with van der Waals surface area (Å²) in [4.78, 5) is 1.16. The van der Waals surface area contributed by atoms with Gasteiger partial charge in [0, 0.05) is 11.4 Å². The van der Waals surface area contributed by atoms with Crippen molar-refractivity contribution in [3.8, 4) is 5.75 Å². The third-order valence-electron chi connectivity index (χ3n) is 5.74. The van der Waals surface area contributed by atoms with E-state index in [4.69, 9.17) is 14.0 Å². The lowest BCUT2D eigenvalue weighted by atomic mass is 9.76. The first-order chi connectivity index (χ1) is 13.1. The van der Waals surface area contributed by atoms with E-state index in [2.05, 4.69) is 70.5 Å². The van der Waals surface area contributed by atoms with Gasteiger partial charge in [0.15, 0.2) is 0 Å². The Labute approximate surface area is 173 Å². The Kier molecular flexibility index (Phi) is 6.15. The van der Waals surface area contributed by atoms with Crippen LogP contribution in [0.2, 0.25) is 0 Å². The van der Waals surface area contributed by atoms with Crippen molar-refractivity contribution in [2.75, 3.05) is 7.11 Å². The standard InChI is InChI=1S/C22H30BNO3S/c1-15-12-17(23-26-21(3,4)22(5,6)27-23)13-16(2)20(15)14-24-28-19-10-8-18(25-7)9-11-19/h8-13,24H,14H2,1-7H3. The van der Waals surface area contributed by atoms with Crippen LogP contribution in [-0.2, 0) is 15.9 Å². The zero-order chi connectivity index (χ0) is 20.5. The van der Waals surface area contributed by atoms with Crippen LogP contribution in [0.1, 0.15) is 44.4 Å². The largest absolute Gasteiger partial charge is 0.497 e. The van der Waals surface area contributed by atoms with Gasteiger partial charge in [-0.25, -0.2) is 0 Å². The van der Waals surface area contributed by atoms with Crippen molar-refractivity contribution < 1.29 is 14.0 Å². The second kappa shape index (κ2) is 8.11. The number of rotatable bonds is 6. The number of nitrogens with one attached hydrogen (secondary N) is 1. The SMILES string of the molecule is COc1ccc(SNCc2c(C)cc(B3OC(C)(C)C(C)(C)O3)cc2C)cc1. The minimum atomic E-state index is -0.325. The van der Waals surface area contributed by atoms with Crippen LogP contribution in [0.4, 0.5) is 0 Å². The molecule has 1 saturated heterocycles. The number of hydrogen-bond donors (Lipinski definition) is 1. The third kappa shape index (κ3) is 4.41. The van der Waals surface area contributed by atoms with Crippen LogP contribution in [-0.4, -0.2) is 25.4 Å². The van der Waals surface area contributed by atoms with E-state index < -0.39 is 0 Å². The van der Waals surface area contributed by atoms with Gasteiger partial charge >= 0.3 is 7.12 Å². The summed E-state index contributed by atoms with van der Waals surface area (Å²) in [6.07, 6.45) is 0. The Bertz CT molecular complexity index is 797. The molecule has 1 N–H and O–H groups in total. The molecule has 150 valence electrons. The van der Waals surface area contributed by atoms with Gasteiger partial charge in [-0.15, -0.1) is 0 Å². The molecule has 3 rings (SSSR count). The summed E-state index contributed by atoms with van der Waals surface area (Å²) in [5, 5.41) is 0. The minimum Gasteiger partial charge on any atom is -0.497 e. The molecular weight excluding hydrogens is 369 g/mol. The van der Waals surface area contributed by atoms with Gasteiger partial charge < -0.3 is 14.0 Å². The molecule has 0 aromatic heterocycles. The molecule has 6 heteroatoms. The van der Waals surface area contributed by atoms with Crippen LogP contribution >= 0.6 is 11.9 Å². The molecule has 28 heavy (non-hydrogen) atoms. The van der Waals surface area contributed by atoms with E-state index >= 15 is 0 Å². The van der Waals surface area contributed by atoms with Gasteiger partial charge in [0.1, 0.15) is 5.75 Å². The highest BCUT2D eigenvalue weighted by Gasteiger charge is 2.51. The smallest absolute Gasteiger partial charge is 0.494 e. The fourth-order valence-corrected chi connectivity index (χ4v) is 3.91. The molecule has 1 aliphatic heterocycles. The highest BCUT2D eigenvalue weighted by Crippen LogP contribution is 2.36. The van der Waals surface area contributed by atoms with Crippen molar-refractivity contribution in [3.05, 3.63) is 53.1 Å². The zero-order valence-electron chi connectivity index (χ0n) is 17.9. The molecule has 1 fully saturated rings. The number of methoxy groups -OCH3 is 1. The van der Waals surface area contributed by atoms with E-state index in [1.54, 1.807) is 19.1 Å². The van der Waals surface area contributed by atoms with Crippen molar-refractivity contribution in [1.29, 1.82) is 0 Å². The Balaban J connectivity index is 1.67. The van der Waals surface area contributed by atoms with Gasteiger partial charge in [0.25, 0.3) is 0 Å². The van der Waals surface area contributed by atoms with Gasteiger partial charge in [-0.1, -0.05) is 12.1 Å². The highest BCUT2D eigenvalue weighted by molar-refractivity contribution is 7.97. The molecule has 2 aromatic carbocycles. The van der Waals surface area contributed by atoms with Crippen molar-refractivity contribution in [2.45, 2.75) is 64.2 Å². The summed E-state index contributed by atoms with van der Waals surface area (Å²) >= 11 is 1.63. The minimum absolute atomic E-state index is 0.321. The molecule has 2 aromatic rings. The number of hydrogen-bond acceptors (Lipinski definition) is 5. The third-order valence-corrected chi connectivity index (χ3v) is 6.54. The molecular formula is C22H30BNO3S. The second-order valence-electron chi connectivity index (χ2n) is 8.32. The summed E-state index contributed by atoms with van der Waals surface area (Å²) in [6.45, 7) is 13.4. The number of aryl methyl sites for hydroxylation is 2. The molecule has 0 amide bonds. The van der Waals surface area contributed by atoms with E-state index in [-0.39, 0.29) is 18.3 Å². The summed E-state index contributed by atoms with van der Waals surface area (Å²) in [6, 6.07) is 12.4. The summed E-state index contributed by atoms with van der Waals surface area (Å²) in [7, 11) is 1.36. The summed E-state index contributed by atoms with van der Waals surface area (Å²) in [5.74, 6) is 0.870. The predicted octanol–water partition coefficient (Wildman–Crippen LogP) is 4.41. The van der Waals surface area contributed by atoms with Crippen molar-refractivity contribution in [1.82, 2.24) is 4.72 Å². The lowest BCUT2D eigenvalue weighted by Crippen LogP contribution is -2.41. The quantitative estimate of drug-likeness (QED) is 0.576. The van der Waals surface area contributed by atoms with Crippen LogP contribution in [0.3, 0.4) is 0 Å². The average molecular weight is 399 g/mol. The first-order valence-electron chi connectivity index (χ1n) is 9.62. The normalized spacial score (nSPS) is 17.8. The topological polar surface area (TPSA) is 39.7 Å². The molecule has 0 unspecified atom stereocenters. The molecule has 0 spiro atoms.